The summed E-state index contributed by atoms with van der Waals surface area (Å²) >= 11 is 0. The normalized spacial score (nSPS) is 10.6. The van der Waals surface area contributed by atoms with Crippen molar-refractivity contribution in [3.63, 3.8) is 0 Å². The highest BCUT2D eigenvalue weighted by molar-refractivity contribution is 5.62. The Hall–Kier alpha value is -2.19. The van der Waals surface area contributed by atoms with Crippen molar-refractivity contribution >= 4 is 0 Å². The molecule has 2 aromatic rings. The van der Waals surface area contributed by atoms with Crippen LogP contribution in [0.15, 0.2) is 24.3 Å². The molecule has 19 heavy (non-hydrogen) atoms. The van der Waals surface area contributed by atoms with Crippen LogP contribution in [0, 0.1) is 11.3 Å². The quantitative estimate of drug-likeness (QED) is 0.889. The Labute approximate surface area is 112 Å². The summed E-state index contributed by atoms with van der Waals surface area (Å²) in [5, 5.41) is 19.9. The zero-order valence-corrected chi connectivity index (χ0v) is 11.2. The third-order valence-electron chi connectivity index (χ3n) is 2.93. The van der Waals surface area contributed by atoms with Gasteiger partial charge in [0.25, 0.3) is 0 Å². The molecule has 0 radical (unpaired) electrons. The summed E-state index contributed by atoms with van der Waals surface area (Å²) in [6.45, 7) is 3.94. The van der Waals surface area contributed by atoms with Crippen LogP contribution in [-0.2, 0) is 6.54 Å². The molecular formula is C14H17N5. The zero-order chi connectivity index (χ0) is 13.7. The van der Waals surface area contributed by atoms with Crippen molar-refractivity contribution in [3.8, 4) is 17.3 Å². The molecule has 0 saturated carbocycles. The van der Waals surface area contributed by atoms with E-state index in [1.54, 1.807) is 12.1 Å². The first-order chi connectivity index (χ1) is 9.24. The first-order valence-corrected chi connectivity index (χ1v) is 6.33. The van der Waals surface area contributed by atoms with Gasteiger partial charge in [-0.1, -0.05) is 19.1 Å². The fourth-order valence-corrected chi connectivity index (χ4v) is 2.01. The van der Waals surface area contributed by atoms with E-state index < -0.39 is 0 Å². The second-order valence-corrected chi connectivity index (χ2v) is 4.55. The number of nitriles is 1. The molecule has 1 heterocycles. The third-order valence-corrected chi connectivity index (χ3v) is 2.93. The molecule has 0 fully saturated rings. The molecule has 98 valence electrons. The Morgan fingerprint density at radius 2 is 2.00 bits per heavy atom. The number of hydrogen-bond donors (Lipinski definition) is 1. The molecule has 0 atom stereocenters. The van der Waals surface area contributed by atoms with Crippen molar-refractivity contribution in [2.45, 2.75) is 19.9 Å². The lowest BCUT2D eigenvalue weighted by Crippen LogP contribution is -2.19. The minimum Gasteiger partial charge on any atom is -0.300 e. The molecule has 0 saturated heterocycles. The van der Waals surface area contributed by atoms with Crippen molar-refractivity contribution in [1.82, 2.24) is 20.3 Å². The summed E-state index contributed by atoms with van der Waals surface area (Å²) < 4.78 is 0. The van der Waals surface area contributed by atoms with Gasteiger partial charge in [-0.25, -0.2) is 0 Å². The Balaban J connectivity index is 2.21. The Kier molecular flexibility index (Phi) is 4.26. The standard InChI is InChI=1S/C14H17N5/c1-3-8-19(2)10-13-14(17-18-16-13)12-6-4-11(9-15)5-7-12/h4-7H,3,8,10H2,1-2H3,(H,16,17,18). The van der Waals surface area contributed by atoms with Crippen molar-refractivity contribution in [1.29, 1.82) is 5.26 Å². The van der Waals surface area contributed by atoms with E-state index in [9.17, 15) is 0 Å². The molecule has 5 heteroatoms. The van der Waals surface area contributed by atoms with Gasteiger partial charge in [0.15, 0.2) is 0 Å². The van der Waals surface area contributed by atoms with Gasteiger partial charge in [0, 0.05) is 12.1 Å². The number of benzene rings is 1. The molecule has 0 aliphatic heterocycles. The van der Waals surface area contributed by atoms with Crippen molar-refractivity contribution < 1.29 is 0 Å². The maximum absolute atomic E-state index is 8.80. The van der Waals surface area contributed by atoms with Gasteiger partial charge in [0.2, 0.25) is 0 Å². The van der Waals surface area contributed by atoms with Crippen molar-refractivity contribution in [3.05, 3.63) is 35.5 Å². The average Bonchev–Trinajstić information content (AvgIpc) is 2.87. The van der Waals surface area contributed by atoms with Crippen molar-refractivity contribution in [2.24, 2.45) is 0 Å². The van der Waals surface area contributed by atoms with Gasteiger partial charge in [-0.3, -0.25) is 0 Å². The highest BCUT2D eigenvalue weighted by Gasteiger charge is 2.12. The molecular weight excluding hydrogens is 238 g/mol. The summed E-state index contributed by atoms with van der Waals surface area (Å²) in [4.78, 5) is 2.21. The predicted octanol–water partition coefficient (Wildman–Crippen LogP) is 2.19. The summed E-state index contributed by atoms with van der Waals surface area (Å²) in [6, 6.07) is 9.51. The first-order valence-electron chi connectivity index (χ1n) is 6.33. The number of H-pyrrole nitrogens is 1. The maximum Gasteiger partial charge on any atom is 0.117 e. The lowest BCUT2D eigenvalue weighted by Gasteiger charge is -2.14. The molecule has 0 unspecified atom stereocenters. The first kappa shape index (κ1) is 13.2. The smallest absolute Gasteiger partial charge is 0.117 e. The van der Waals surface area contributed by atoms with E-state index in [1.807, 2.05) is 12.1 Å². The fraction of sp³-hybridized carbons (Fsp3) is 0.357. The summed E-state index contributed by atoms with van der Waals surface area (Å²) in [5.41, 5.74) is 3.41. The van der Waals surface area contributed by atoms with Crippen LogP contribution in [-0.4, -0.2) is 33.9 Å². The van der Waals surface area contributed by atoms with E-state index in [0.717, 1.165) is 36.5 Å². The number of hydrogen-bond acceptors (Lipinski definition) is 4. The predicted molar refractivity (Wildman–Crippen MR) is 73.2 cm³/mol. The number of nitrogens with zero attached hydrogens (tertiary/aromatic N) is 4. The van der Waals surface area contributed by atoms with Crippen LogP contribution in [0.5, 0.6) is 0 Å². The zero-order valence-electron chi connectivity index (χ0n) is 11.2. The molecule has 1 aromatic carbocycles. The second kappa shape index (κ2) is 6.12. The Morgan fingerprint density at radius 3 is 2.63 bits per heavy atom. The van der Waals surface area contributed by atoms with Crippen LogP contribution in [0.2, 0.25) is 0 Å². The van der Waals surface area contributed by atoms with Gasteiger partial charge in [-0.2, -0.15) is 20.7 Å². The largest absolute Gasteiger partial charge is 0.300 e. The summed E-state index contributed by atoms with van der Waals surface area (Å²) in [5.74, 6) is 0. The van der Waals surface area contributed by atoms with Gasteiger partial charge < -0.3 is 4.90 Å². The van der Waals surface area contributed by atoms with E-state index in [1.165, 1.54) is 0 Å². The molecule has 0 amide bonds. The van der Waals surface area contributed by atoms with E-state index in [4.69, 9.17) is 5.26 Å². The number of aromatic nitrogens is 3. The van der Waals surface area contributed by atoms with Gasteiger partial charge in [-0.15, -0.1) is 0 Å². The van der Waals surface area contributed by atoms with E-state index in [2.05, 4.69) is 40.4 Å². The Bertz CT molecular complexity index is 564. The van der Waals surface area contributed by atoms with Crippen LogP contribution in [0.4, 0.5) is 0 Å². The number of aromatic amines is 1. The molecule has 0 aliphatic carbocycles. The summed E-state index contributed by atoms with van der Waals surface area (Å²) in [6.07, 6.45) is 1.11. The molecule has 0 aliphatic rings. The Morgan fingerprint density at radius 1 is 1.26 bits per heavy atom. The van der Waals surface area contributed by atoms with E-state index in [0.29, 0.717) is 5.56 Å². The highest BCUT2D eigenvalue weighted by Crippen LogP contribution is 2.20. The SMILES string of the molecule is CCCN(C)Cc1n[nH]nc1-c1ccc(C#N)cc1. The monoisotopic (exact) mass is 255 g/mol. The van der Waals surface area contributed by atoms with Crippen LogP contribution >= 0.6 is 0 Å². The molecule has 1 aromatic heterocycles. The average molecular weight is 255 g/mol. The number of nitrogens with one attached hydrogen (secondary N) is 1. The molecule has 1 N–H and O–H groups in total. The van der Waals surface area contributed by atoms with Gasteiger partial charge >= 0.3 is 0 Å². The summed E-state index contributed by atoms with van der Waals surface area (Å²) in [7, 11) is 2.07. The minimum absolute atomic E-state index is 0.650. The van der Waals surface area contributed by atoms with Crippen molar-refractivity contribution in [2.75, 3.05) is 13.6 Å². The van der Waals surface area contributed by atoms with Crippen LogP contribution in [0.1, 0.15) is 24.6 Å². The minimum atomic E-state index is 0.650. The van der Waals surface area contributed by atoms with Gasteiger partial charge in [0.05, 0.1) is 11.6 Å². The van der Waals surface area contributed by atoms with Gasteiger partial charge in [-0.05, 0) is 32.1 Å². The van der Waals surface area contributed by atoms with E-state index >= 15 is 0 Å². The maximum atomic E-state index is 8.80. The highest BCUT2D eigenvalue weighted by atomic mass is 15.3. The molecule has 0 bridgehead atoms. The lowest BCUT2D eigenvalue weighted by atomic mass is 10.1. The second-order valence-electron chi connectivity index (χ2n) is 4.55. The van der Waals surface area contributed by atoms with E-state index in [-0.39, 0.29) is 0 Å². The molecule has 0 spiro atoms. The fourth-order valence-electron chi connectivity index (χ4n) is 2.01. The van der Waals surface area contributed by atoms with Crippen LogP contribution in [0.25, 0.3) is 11.3 Å². The van der Waals surface area contributed by atoms with Crippen LogP contribution in [0.3, 0.4) is 0 Å². The number of rotatable bonds is 5. The topological polar surface area (TPSA) is 68.6 Å². The third kappa shape index (κ3) is 3.18. The molecule has 2 rings (SSSR count). The lowest BCUT2D eigenvalue weighted by molar-refractivity contribution is 0.324. The molecule has 5 nitrogen and oxygen atoms in total. The van der Waals surface area contributed by atoms with Crippen LogP contribution < -0.4 is 0 Å². The van der Waals surface area contributed by atoms with Gasteiger partial charge in [0.1, 0.15) is 11.4 Å².